The highest BCUT2D eigenvalue weighted by Gasteiger charge is 2.12. The minimum absolute atomic E-state index is 0.0862. The quantitative estimate of drug-likeness (QED) is 0.822. The van der Waals surface area contributed by atoms with Crippen LogP contribution >= 0.6 is 23.2 Å². The Kier molecular flexibility index (Phi) is 4.84. The second kappa shape index (κ2) is 6.42. The first-order chi connectivity index (χ1) is 9.51. The number of aromatic nitrogens is 2. The van der Waals surface area contributed by atoms with Crippen molar-refractivity contribution in [3.05, 3.63) is 51.4 Å². The van der Waals surface area contributed by atoms with Crippen molar-refractivity contribution in [1.29, 1.82) is 0 Å². The second-order valence-corrected chi connectivity index (χ2v) is 5.47. The van der Waals surface area contributed by atoms with Crippen molar-refractivity contribution in [3.8, 4) is 0 Å². The Morgan fingerprint density at radius 2 is 2.00 bits per heavy atom. The molecular formula is C15H17Cl2N3. The molecule has 0 aliphatic rings. The van der Waals surface area contributed by atoms with Crippen LogP contribution in [0.2, 0.25) is 10.2 Å². The van der Waals surface area contributed by atoms with E-state index in [-0.39, 0.29) is 6.04 Å². The molecule has 1 unspecified atom stereocenters. The summed E-state index contributed by atoms with van der Waals surface area (Å²) in [6.07, 6.45) is 0.750. The molecule has 0 fully saturated rings. The zero-order chi connectivity index (χ0) is 14.7. The van der Waals surface area contributed by atoms with E-state index in [1.807, 2.05) is 38.1 Å². The van der Waals surface area contributed by atoms with E-state index in [4.69, 9.17) is 23.2 Å². The van der Waals surface area contributed by atoms with Gasteiger partial charge in [0.15, 0.2) is 0 Å². The van der Waals surface area contributed by atoms with Crippen LogP contribution in [-0.4, -0.2) is 9.97 Å². The molecule has 5 heteroatoms. The van der Waals surface area contributed by atoms with Crippen LogP contribution in [0.5, 0.6) is 0 Å². The fourth-order valence-electron chi connectivity index (χ4n) is 1.90. The molecule has 1 aromatic carbocycles. The lowest BCUT2D eigenvalue weighted by molar-refractivity contribution is 0.851. The van der Waals surface area contributed by atoms with Gasteiger partial charge < -0.3 is 5.32 Å². The molecule has 0 aliphatic carbocycles. The van der Waals surface area contributed by atoms with Crippen LogP contribution in [0.1, 0.15) is 36.8 Å². The van der Waals surface area contributed by atoms with E-state index in [1.54, 1.807) is 0 Å². The summed E-state index contributed by atoms with van der Waals surface area (Å²) >= 11 is 12.2. The van der Waals surface area contributed by atoms with Gasteiger partial charge in [-0.25, -0.2) is 9.97 Å². The molecule has 1 heterocycles. The van der Waals surface area contributed by atoms with Crippen molar-refractivity contribution in [2.45, 2.75) is 33.2 Å². The molecule has 0 amide bonds. The van der Waals surface area contributed by atoms with Gasteiger partial charge in [-0.3, -0.25) is 0 Å². The van der Waals surface area contributed by atoms with Crippen LogP contribution in [0, 0.1) is 6.92 Å². The fourth-order valence-corrected chi connectivity index (χ4v) is 2.28. The lowest BCUT2D eigenvalue weighted by Crippen LogP contribution is -2.11. The molecule has 1 N–H and O–H groups in total. The van der Waals surface area contributed by atoms with Crippen molar-refractivity contribution in [3.63, 3.8) is 0 Å². The van der Waals surface area contributed by atoms with E-state index in [0.717, 1.165) is 34.2 Å². The van der Waals surface area contributed by atoms with Crippen LogP contribution in [0.3, 0.4) is 0 Å². The Balaban J connectivity index is 2.27. The average Bonchev–Trinajstić information content (AvgIpc) is 2.43. The number of aryl methyl sites for hydroxylation is 1. The number of nitrogens with zero attached hydrogens (tertiary/aromatic N) is 2. The van der Waals surface area contributed by atoms with Crippen LogP contribution < -0.4 is 5.32 Å². The van der Waals surface area contributed by atoms with E-state index in [2.05, 4.69) is 22.2 Å². The standard InChI is InChI=1S/C15H17Cl2N3/c1-4-13-19-14(17)9(2)15(20-13)18-10(3)11-6-5-7-12(16)8-11/h5-8,10H,4H2,1-3H3,(H,18,19,20). The molecule has 2 rings (SSSR count). The molecule has 1 atom stereocenters. The SMILES string of the molecule is CCc1nc(Cl)c(C)c(NC(C)c2cccc(Cl)c2)n1. The molecule has 20 heavy (non-hydrogen) atoms. The van der Waals surface area contributed by atoms with Crippen molar-refractivity contribution < 1.29 is 0 Å². The van der Waals surface area contributed by atoms with Crippen LogP contribution in [0.4, 0.5) is 5.82 Å². The first-order valence-electron chi connectivity index (χ1n) is 6.56. The van der Waals surface area contributed by atoms with Gasteiger partial charge >= 0.3 is 0 Å². The van der Waals surface area contributed by atoms with Crippen molar-refractivity contribution >= 4 is 29.0 Å². The van der Waals surface area contributed by atoms with Crippen molar-refractivity contribution in [2.75, 3.05) is 5.32 Å². The summed E-state index contributed by atoms with van der Waals surface area (Å²) in [6.45, 7) is 5.98. The summed E-state index contributed by atoms with van der Waals surface area (Å²) in [5, 5.41) is 4.60. The molecule has 0 spiro atoms. The zero-order valence-corrected chi connectivity index (χ0v) is 13.3. The number of halogens is 2. The molecule has 106 valence electrons. The number of hydrogen-bond acceptors (Lipinski definition) is 3. The third kappa shape index (κ3) is 3.41. The Morgan fingerprint density at radius 3 is 2.65 bits per heavy atom. The minimum Gasteiger partial charge on any atom is -0.363 e. The maximum atomic E-state index is 6.14. The third-order valence-electron chi connectivity index (χ3n) is 3.15. The maximum Gasteiger partial charge on any atom is 0.137 e. The molecule has 0 saturated heterocycles. The molecule has 0 radical (unpaired) electrons. The summed E-state index contributed by atoms with van der Waals surface area (Å²) in [6, 6.07) is 7.86. The summed E-state index contributed by atoms with van der Waals surface area (Å²) in [5.41, 5.74) is 1.96. The fraction of sp³-hybridized carbons (Fsp3) is 0.333. The van der Waals surface area contributed by atoms with E-state index in [1.165, 1.54) is 0 Å². The lowest BCUT2D eigenvalue weighted by atomic mass is 10.1. The largest absolute Gasteiger partial charge is 0.363 e. The number of benzene rings is 1. The van der Waals surface area contributed by atoms with Gasteiger partial charge in [0.25, 0.3) is 0 Å². The molecule has 1 aromatic heterocycles. The summed E-state index contributed by atoms with van der Waals surface area (Å²) in [4.78, 5) is 8.74. The second-order valence-electron chi connectivity index (χ2n) is 4.68. The molecular weight excluding hydrogens is 293 g/mol. The van der Waals surface area contributed by atoms with E-state index < -0.39 is 0 Å². The molecule has 0 aliphatic heterocycles. The number of nitrogens with one attached hydrogen (secondary N) is 1. The van der Waals surface area contributed by atoms with Gasteiger partial charge in [0.1, 0.15) is 16.8 Å². The van der Waals surface area contributed by atoms with Crippen molar-refractivity contribution in [1.82, 2.24) is 9.97 Å². The Labute approximate surface area is 129 Å². The van der Waals surface area contributed by atoms with Gasteiger partial charge in [-0.05, 0) is 31.5 Å². The summed E-state index contributed by atoms with van der Waals surface area (Å²) in [7, 11) is 0. The topological polar surface area (TPSA) is 37.8 Å². The lowest BCUT2D eigenvalue weighted by Gasteiger charge is -2.17. The predicted molar refractivity (Wildman–Crippen MR) is 84.6 cm³/mol. The van der Waals surface area contributed by atoms with Crippen LogP contribution in [0.25, 0.3) is 0 Å². The van der Waals surface area contributed by atoms with E-state index in [9.17, 15) is 0 Å². The van der Waals surface area contributed by atoms with Gasteiger partial charge in [0.05, 0.1) is 6.04 Å². The van der Waals surface area contributed by atoms with Crippen molar-refractivity contribution in [2.24, 2.45) is 0 Å². The average molecular weight is 310 g/mol. The van der Waals surface area contributed by atoms with Gasteiger partial charge in [-0.15, -0.1) is 0 Å². The van der Waals surface area contributed by atoms with E-state index >= 15 is 0 Å². The monoisotopic (exact) mass is 309 g/mol. The number of anilines is 1. The Hall–Kier alpha value is -1.32. The Morgan fingerprint density at radius 1 is 1.25 bits per heavy atom. The number of hydrogen-bond donors (Lipinski definition) is 1. The highest BCUT2D eigenvalue weighted by atomic mass is 35.5. The molecule has 0 saturated carbocycles. The predicted octanol–water partition coefficient (Wildman–Crippen LogP) is 4.83. The van der Waals surface area contributed by atoms with Gasteiger partial charge in [-0.1, -0.05) is 42.3 Å². The van der Waals surface area contributed by atoms with Crippen LogP contribution in [-0.2, 0) is 6.42 Å². The molecule has 2 aromatic rings. The zero-order valence-electron chi connectivity index (χ0n) is 11.7. The van der Waals surface area contributed by atoms with Crippen LogP contribution in [0.15, 0.2) is 24.3 Å². The number of rotatable bonds is 4. The maximum absolute atomic E-state index is 6.14. The van der Waals surface area contributed by atoms with Gasteiger partial charge in [0, 0.05) is 17.0 Å². The first-order valence-corrected chi connectivity index (χ1v) is 7.32. The minimum atomic E-state index is 0.0862. The first kappa shape index (κ1) is 15.1. The Bertz CT molecular complexity index is 614. The smallest absolute Gasteiger partial charge is 0.137 e. The van der Waals surface area contributed by atoms with Gasteiger partial charge in [0.2, 0.25) is 0 Å². The molecule has 0 bridgehead atoms. The van der Waals surface area contributed by atoms with E-state index in [0.29, 0.717) is 5.15 Å². The molecule has 3 nitrogen and oxygen atoms in total. The normalized spacial score (nSPS) is 12.2. The van der Waals surface area contributed by atoms with Gasteiger partial charge in [-0.2, -0.15) is 0 Å². The summed E-state index contributed by atoms with van der Waals surface area (Å²) in [5.74, 6) is 1.51. The summed E-state index contributed by atoms with van der Waals surface area (Å²) < 4.78 is 0. The highest BCUT2D eigenvalue weighted by molar-refractivity contribution is 6.30. The highest BCUT2D eigenvalue weighted by Crippen LogP contribution is 2.25. The third-order valence-corrected chi connectivity index (χ3v) is 3.75.